The van der Waals surface area contributed by atoms with Crippen LogP contribution < -0.4 is 4.74 Å². The van der Waals surface area contributed by atoms with Gasteiger partial charge in [-0.25, -0.2) is 0 Å². The second-order valence-corrected chi connectivity index (χ2v) is 6.97. The molecule has 6 nitrogen and oxygen atoms in total. The van der Waals surface area contributed by atoms with Crippen molar-refractivity contribution in [2.75, 3.05) is 19.6 Å². The molecule has 2 aliphatic rings. The Morgan fingerprint density at radius 2 is 1.88 bits per heavy atom. The molecule has 136 valence electrons. The Morgan fingerprint density at radius 3 is 2.52 bits per heavy atom. The first-order chi connectivity index (χ1) is 12.0. The van der Waals surface area contributed by atoms with Gasteiger partial charge in [-0.15, -0.1) is 0 Å². The first-order valence-corrected chi connectivity index (χ1v) is 9.03. The molecule has 2 fully saturated rings. The molecule has 1 N–H and O–H groups in total. The minimum Gasteiger partial charge on any atom is -0.490 e. The number of hydrogen-bond donors (Lipinski definition) is 1. The molecule has 1 amide bonds. The van der Waals surface area contributed by atoms with Crippen LogP contribution in [0.1, 0.15) is 38.2 Å². The molecule has 25 heavy (non-hydrogen) atoms. The summed E-state index contributed by atoms with van der Waals surface area (Å²) in [5.41, 5.74) is 1.13. The molecule has 1 aliphatic heterocycles. The summed E-state index contributed by atoms with van der Waals surface area (Å²) >= 11 is 0. The largest absolute Gasteiger partial charge is 0.490 e. The summed E-state index contributed by atoms with van der Waals surface area (Å²) in [4.78, 5) is 26.6. The average molecular weight is 346 g/mol. The number of carbonyl (C=O) groups is 2. The van der Waals surface area contributed by atoms with Crippen LogP contribution in [-0.4, -0.2) is 58.6 Å². The Kier molecular flexibility index (Phi) is 5.58. The van der Waals surface area contributed by atoms with Crippen molar-refractivity contribution in [1.82, 2.24) is 9.80 Å². The third-order valence-corrected chi connectivity index (χ3v) is 5.11. The minimum atomic E-state index is -0.966. The lowest BCUT2D eigenvalue weighted by Crippen LogP contribution is -2.56. The predicted molar refractivity (Wildman–Crippen MR) is 93.4 cm³/mol. The van der Waals surface area contributed by atoms with Crippen LogP contribution in [0.25, 0.3) is 0 Å². The minimum absolute atomic E-state index is 0.116. The number of ether oxygens (including phenoxy) is 1. The van der Waals surface area contributed by atoms with Crippen LogP contribution in [0.3, 0.4) is 0 Å². The van der Waals surface area contributed by atoms with Gasteiger partial charge in [-0.05, 0) is 50.3 Å². The van der Waals surface area contributed by atoms with Gasteiger partial charge in [-0.3, -0.25) is 14.5 Å². The Labute approximate surface area is 148 Å². The molecule has 6 heteroatoms. The van der Waals surface area contributed by atoms with Crippen molar-refractivity contribution in [3.8, 4) is 5.75 Å². The van der Waals surface area contributed by atoms with Gasteiger partial charge in [0.25, 0.3) is 0 Å². The van der Waals surface area contributed by atoms with Crippen molar-refractivity contribution in [1.29, 1.82) is 0 Å². The highest BCUT2D eigenvalue weighted by atomic mass is 16.5. The lowest BCUT2D eigenvalue weighted by atomic mass is 10.1. The topological polar surface area (TPSA) is 70.1 Å². The number of hydrogen-bond acceptors (Lipinski definition) is 4. The van der Waals surface area contributed by atoms with Crippen LogP contribution in [-0.2, 0) is 16.1 Å². The standard InChI is InChI=1S/C19H26N2O4/c1-14-19(24)21(13-18(22)23)11-10-20(14)12-15-6-8-17(9-7-15)25-16-4-2-3-5-16/h6-9,14,16H,2-5,10-13H2,1H3,(H,22,23). The Hall–Kier alpha value is -2.08. The summed E-state index contributed by atoms with van der Waals surface area (Å²) in [5.74, 6) is -0.173. The van der Waals surface area contributed by atoms with E-state index < -0.39 is 5.97 Å². The Bertz CT molecular complexity index is 610. The Balaban J connectivity index is 1.55. The van der Waals surface area contributed by atoms with E-state index >= 15 is 0 Å². The molecular formula is C19H26N2O4. The van der Waals surface area contributed by atoms with Crippen molar-refractivity contribution in [3.05, 3.63) is 29.8 Å². The quantitative estimate of drug-likeness (QED) is 0.854. The first-order valence-electron chi connectivity index (χ1n) is 9.03. The Morgan fingerprint density at radius 1 is 1.20 bits per heavy atom. The van der Waals surface area contributed by atoms with Gasteiger partial charge in [-0.1, -0.05) is 12.1 Å². The van der Waals surface area contributed by atoms with Crippen LogP contribution in [0, 0.1) is 0 Å². The van der Waals surface area contributed by atoms with E-state index in [1.54, 1.807) is 0 Å². The van der Waals surface area contributed by atoms with E-state index in [-0.39, 0.29) is 18.5 Å². The van der Waals surface area contributed by atoms with Crippen LogP contribution in [0.4, 0.5) is 0 Å². The SMILES string of the molecule is CC1C(=O)N(CC(=O)O)CCN1Cc1ccc(OC2CCCC2)cc1. The third-order valence-electron chi connectivity index (χ3n) is 5.11. The molecule has 1 aromatic rings. The molecule has 0 bridgehead atoms. The number of carbonyl (C=O) groups excluding carboxylic acids is 1. The molecule has 1 unspecified atom stereocenters. The molecule has 1 saturated heterocycles. The van der Waals surface area contributed by atoms with E-state index in [1.807, 2.05) is 31.2 Å². The molecule has 3 rings (SSSR count). The molecule has 0 aromatic heterocycles. The van der Waals surface area contributed by atoms with E-state index in [1.165, 1.54) is 17.7 Å². The molecular weight excluding hydrogens is 320 g/mol. The first kappa shape index (κ1) is 17.7. The summed E-state index contributed by atoms with van der Waals surface area (Å²) < 4.78 is 5.98. The highest BCUT2D eigenvalue weighted by Gasteiger charge is 2.32. The zero-order valence-electron chi connectivity index (χ0n) is 14.7. The van der Waals surface area contributed by atoms with E-state index in [9.17, 15) is 9.59 Å². The van der Waals surface area contributed by atoms with Gasteiger partial charge in [-0.2, -0.15) is 0 Å². The van der Waals surface area contributed by atoms with Crippen molar-refractivity contribution >= 4 is 11.9 Å². The highest BCUT2D eigenvalue weighted by molar-refractivity contribution is 5.85. The number of carboxylic acid groups (broad SMARTS) is 1. The molecule has 1 atom stereocenters. The summed E-state index contributed by atoms with van der Waals surface area (Å²) in [6.07, 6.45) is 5.14. The molecule has 1 aliphatic carbocycles. The summed E-state index contributed by atoms with van der Waals surface area (Å²) in [7, 11) is 0. The number of nitrogens with zero attached hydrogens (tertiary/aromatic N) is 2. The fourth-order valence-electron chi connectivity index (χ4n) is 3.62. The van der Waals surface area contributed by atoms with E-state index in [2.05, 4.69) is 4.90 Å². The van der Waals surface area contributed by atoms with Crippen molar-refractivity contribution in [2.45, 2.75) is 51.3 Å². The summed E-state index contributed by atoms with van der Waals surface area (Å²) in [6, 6.07) is 7.79. The molecule has 1 saturated carbocycles. The van der Waals surface area contributed by atoms with E-state index in [0.717, 1.165) is 24.2 Å². The van der Waals surface area contributed by atoms with Gasteiger partial charge in [0, 0.05) is 19.6 Å². The number of carboxylic acids is 1. The number of amides is 1. The predicted octanol–water partition coefficient (Wildman–Crippen LogP) is 2.13. The summed E-state index contributed by atoms with van der Waals surface area (Å²) in [6.45, 7) is 3.44. The highest BCUT2D eigenvalue weighted by Crippen LogP contribution is 2.24. The van der Waals surface area contributed by atoms with Gasteiger partial charge in [0.05, 0.1) is 12.1 Å². The van der Waals surface area contributed by atoms with Gasteiger partial charge >= 0.3 is 5.97 Å². The zero-order valence-corrected chi connectivity index (χ0v) is 14.7. The second-order valence-electron chi connectivity index (χ2n) is 6.97. The maximum atomic E-state index is 12.3. The number of piperazine rings is 1. The van der Waals surface area contributed by atoms with Crippen LogP contribution in [0.5, 0.6) is 5.75 Å². The normalized spacial score (nSPS) is 22.4. The maximum Gasteiger partial charge on any atom is 0.323 e. The maximum absolute atomic E-state index is 12.3. The van der Waals surface area contributed by atoms with Gasteiger partial charge in [0.2, 0.25) is 5.91 Å². The van der Waals surface area contributed by atoms with Crippen molar-refractivity contribution < 1.29 is 19.4 Å². The number of rotatable bonds is 6. The van der Waals surface area contributed by atoms with Gasteiger partial charge < -0.3 is 14.7 Å². The van der Waals surface area contributed by atoms with Gasteiger partial charge in [0.15, 0.2) is 0 Å². The smallest absolute Gasteiger partial charge is 0.323 e. The summed E-state index contributed by atoms with van der Waals surface area (Å²) in [5, 5.41) is 8.88. The fraction of sp³-hybridized carbons (Fsp3) is 0.579. The zero-order chi connectivity index (χ0) is 17.8. The molecule has 0 radical (unpaired) electrons. The molecule has 0 spiro atoms. The van der Waals surface area contributed by atoms with Crippen LogP contribution in [0.15, 0.2) is 24.3 Å². The monoisotopic (exact) mass is 346 g/mol. The third kappa shape index (κ3) is 4.51. The lowest BCUT2D eigenvalue weighted by molar-refractivity contribution is -0.150. The van der Waals surface area contributed by atoms with E-state index in [4.69, 9.17) is 9.84 Å². The van der Waals surface area contributed by atoms with Crippen molar-refractivity contribution in [2.24, 2.45) is 0 Å². The number of benzene rings is 1. The van der Waals surface area contributed by atoms with Gasteiger partial charge in [0.1, 0.15) is 12.3 Å². The molecule has 1 heterocycles. The van der Waals surface area contributed by atoms with Crippen molar-refractivity contribution in [3.63, 3.8) is 0 Å². The average Bonchev–Trinajstić information content (AvgIpc) is 3.09. The van der Waals surface area contributed by atoms with Crippen LogP contribution >= 0.6 is 0 Å². The fourth-order valence-corrected chi connectivity index (χ4v) is 3.62. The van der Waals surface area contributed by atoms with Crippen LogP contribution in [0.2, 0.25) is 0 Å². The molecule has 1 aromatic carbocycles. The second kappa shape index (κ2) is 7.87. The van der Waals surface area contributed by atoms with E-state index in [0.29, 0.717) is 25.7 Å². The number of aliphatic carboxylic acids is 1. The lowest BCUT2D eigenvalue weighted by Gasteiger charge is -2.38.